The van der Waals surface area contributed by atoms with E-state index in [0.29, 0.717) is 24.6 Å². The van der Waals surface area contributed by atoms with Crippen LogP contribution in [0.25, 0.3) is 0 Å². The second kappa shape index (κ2) is 5.27. The predicted molar refractivity (Wildman–Crippen MR) is 76.5 cm³/mol. The lowest BCUT2D eigenvalue weighted by molar-refractivity contribution is -0.233. The maximum absolute atomic E-state index is 10.7. The average molecular weight is 285 g/mol. The van der Waals surface area contributed by atoms with E-state index < -0.39 is 5.60 Å². The van der Waals surface area contributed by atoms with Crippen molar-refractivity contribution in [1.29, 1.82) is 0 Å². The molecule has 1 heterocycles. The van der Waals surface area contributed by atoms with Crippen molar-refractivity contribution in [3.8, 4) is 0 Å². The first kappa shape index (κ1) is 14.6. The van der Waals surface area contributed by atoms with Crippen LogP contribution in [0.15, 0.2) is 18.5 Å². The molecule has 4 nitrogen and oxygen atoms in total. The van der Waals surface area contributed by atoms with Gasteiger partial charge < -0.3 is 15.2 Å². The first-order valence-corrected chi connectivity index (χ1v) is 6.96. The Hall–Kier alpha value is -0.840. The summed E-state index contributed by atoms with van der Waals surface area (Å²) in [7, 11) is 0. The number of ether oxygens (including phenoxy) is 1. The Labute approximate surface area is 119 Å². The van der Waals surface area contributed by atoms with Crippen LogP contribution in [0.5, 0.6) is 0 Å². The van der Waals surface area contributed by atoms with Crippen LogP contribution in [0.3, 0.4) is 0 Å². The molecular weight excluding hydrogens is 264 g/mol. The molecule has 1 aromatic heterocycles. The van der Waals surface area contributed by atoms with E-state index in [1.165, 1.54) is 0 Å². The fourth-order valence-corrected chi connectivity index (χ4v) is 2.71. The van der Waals surface area contributed by atoms with Gasteiger partial charge >= 0.3 is 0 Å². The molecule has 1 saturated carbocycles. The fourth-order valence-electron chi connectivity index (χ4n) is 2.52. The molecule has 2 N–H and O–H groups in total. The number of aliphatic hydroxyl groups is 1. The molecule has 106 valence electrons. The lowest BCUT2D eigenvalue weighted by Gasteiger charge is -2.58. The summed E-state index contributed by atoms with van der Waals surface area (Å²) in [4.78, 5) is 3.93. The Bertz CT molecular complexity index is 453. The molecule has 0 aromatic carbocycles. The minimum Gasteiger partial charge on any atom is -0.387 e. The number of pyridine rings is 1. The first-order chi connectivity index (χ1) is 8.90. The van der Waals surface area contributed by atoms with E-state index in [9.17, 15) is 5.11 Å². The van der Waals surface area contributed by atoms with Gasteiger partial charge in [-0.25, -0.2) is 0 Å². The van der Waals surface area contributed by atoms with Crippen LogP contribution in [-0.4, -0.2) is 34.9 Å². The van der Waals surface area contributed by atoms with Crippen molar-refractivity contribution in [2.24, 2.45) is 5.41 Å². The van der Waals surface area contributed by atoms with Gasteiger partial charge in [0.1, 0.15) is 0 Å². The molecule has 0 saturated heterocycles. The molecule has 1 aliphatic carbocycles. The van der Waals surface area contributed by atoms with Crippen molar-refractivity contribution in [2.75, 3.05) is 18.5 Å². The van der Waals surface area contributed by atoms with Gasteiger partial charge in [-0.15, -0.1) is 0 Å². The van der Waals surface area contributed by atoms with Crippen LogP contribution in [0.4, 0.5) is 5.69 Å². The van der Waals surface area contributed by atoms with Crippen LogP contribution in [0.2, 0.25) is 5.02 Å². The van der Waals surface area contributed by atoms with Gasteiger partial charge in [-0.2, -0.15) is 0 Å². The second-order valence-corrected chi connectivity index (χ2v) is 6.02. The van der Waals surface area contributed by atoms with E-state index in [0.717, 1.165) is 5.69 Å². The molecule has 2 atom stereocenters. The second-order valence-electron chi connectivity index (χ2n) is 5.61. The van der Waals surface area contributed by atoms with Crippen LogP contribution in [0.1, 0.15) is 27.2 Å². The highest BCUT2D eigenvalue weighted by Gasteiger charge is 2.59. The molecule has 1 fully saturated rings. The summed E-state index contributed by atoms with van der Waals surface area (Å²) in [5.41, 5.74) is -0.254. The van der Waals surface area contributed by atoms with Gasteiger partial charge in [-0.3, -0.25) is 4.98 Å². The van der Waals surface area contributed by atoms with Gasteiger partial charge in [-0.05, 0) is 13.0 Å². The number of aromatic nitrogens is 1. The van der Waals surface area contributed by atoms with Crippen LogP contribution < -0.4 is 5.32 Å². The Morgan fingerprint density at radius 1 is 1.58 bits per heavy atom. The number of halogens is 1. The summed E-state index contributed by atoms with van der Waals surface area (Å²) in [5.74, 6) is 0. The third kappa shape index (κ3) is 2.57. The Morgan fingerprint density at radius 3 is 2.89 bits per heavy atom. The zero-order valence-corrected chi connectivity index (χ0v) is 12.4. The molecular formula is C14H21ClN2O2. The molecule has 0 radical (unpaired) electrons. The number of hydrogen-bond acceptors (Lipinski definition) is 4. The Kier molecular flexibility index (Phi) is 4.04. The van der Waals surface area contributed by atoms with E-state index in [1.807, 2.05) is 20.8 Å². The molecule has 2 rings (SSSR count). The highest BCUT2D eigenvalue weighted by molar-refractivity contribution is 6.33. The third-order valence-electron chi connectivity index (χ3n) is 4.24. The summed E-state index contributed by atoms with van der Waals surface area (Å²) in [6.45, 7) is 7.17. The van der Waals surface area contributed by atoms with Crippen molar-refractivity contribution >= 4 is 17.3 Å². The van der Waals surface area contributed by atoms with Gasteiger partial charge in [0.2, 0.25) is 0 Å². The first-order valence-electron chi connectivity index (χ1n) is 6.58. The molecule has 0 spiro atoms. The maximum atomic E-state index is 10.7. The molecule has 1 aromatic rings. The number of hydrogen-bond donors (Lipinski definition) is 2. The molecule has 2 unspecified atom stereocenters. The van der Waals surface area contributed by atoms with Gasteiger partial charge in [-0.1, -0.05) is 25.4 Å². The number of nitrogens with one attached hydrogen (secondary N) is 1. The summed E-state index contributed by atoms with van der Waals surface area (Å²) in [6, 6.07) is 1.80. The SMILES string of the molecule is CCOC1CC(O)(CNc2ccncc2Cl)C1(C)C. The monoisotopic (exact) mass is 284 g/mol. The lowest BCUT2D eigenvalue weighted by atomic mass is 9.56. The molecule has 0 aliphatic heterocycles. The van der Waals surface area contributed by atoms with Gasteiger partial charge in [0.25, 0.3) is 0 Å². The molecule has 0 bridgehead atoms. The topological polar surface area (TPSA) is 54.4 Å². The van der Waals surface area contributed by atoms with Crippen molar-refractivity contribution in [3.05, 3.63) is 23.5 Å². The highest BCUT2D eigenvalue weighted by Crippen LogP contribution is 2.51. The van der Waals surface area contributed by atoms with E-state index >= 15 is 0 Å². The maximum Gasteiger partial charge on any atom is 0.0919 e. The van der Waals surface area contributed by atoms with E-state index in [1.54, 1.807) is 18.5 Å². The van der Waals surface area contributed by atoms with Crippen LogP contribution in [-0.2, 0) is 4.74 Å². The highest BCUT2D eigenvalue weighted by atomic mass is 35.5. The van der Waals surface area contributed by atoms with Crippen molar-refractivity contribution in [2.45, 2.75) is 38.9 Å². The van der Waals surface area contributed by atoms with Gasteiger partial charge in [0.15, 0.2) is 0 Å². The minimum atomic E-state index is -0.778. The van der Waals surface area contributed by atoms with Crippen molar-refractivity contribution < 1.29 is 9.84 Å². The molecule has 19 heavy (non-hydrogen) atoms. The quantitative estimate of drug-likeness (QED) is 0.873. The molecule has 5 heteroatoms. The molecule has 0 amide bonds. The number of rotatable bonds is 5. The lowest BCUT2D eigenvalue weighted by Crippen LogP contribution is -2.67. The largest absolute Gasteiger partial charge is 0.387 e. The Balaban J connectivity index is 1.99. The third-order valence-corrected chi connectivity index (χ3v) is 4.54. The van der Waals surface area contributed by atoms with Crippen molar-refractivity contribution in [3.63, 3.8) is 0 Å². The summed E-state index contributed by atoms with van der Waals surface area (Å²) < 4.78 is 5.64. The van der Waals surface area contributed by atoms with Gasteiger partial charge in [0, 0.05) is 37.4 Å². The summed E-state index contributed by atoms with van der Waals surface area (Å²) >= 11 is 6.03. The molecule has 1 aliphatic rings. The van der Waals surface area contributed by atoms with E-state index in [2.05, 4.69) is 10.3 Å². The van der Waals surface area contributed by atoms with E-state index in [-0.39, 0.29) is 11.5 Å². The van der Waals surface area contributed by atoms with Crippen molar-refractivity contribution in [1.82, 2.24) is 4.98 Å². The number of nitrogens with zero attached hydrogens (tertiary/aromatic N) is 1. The Morgan fingerprint density at radius 2 is 2.32 bits per heavy atom. The zero-order chi connectivity index (χ0) is 14.1. The zero-order valence-electron chi connectivity index (χ0n) is 11.6. The fraction of sp³-hybridized carbons (Fsp3) is 0.643. The van der Waals surface area contributed by atoms with E-state index in [4.69, 9.17) is 16.3 Å². The summed E-state index contributed by atoms with van der Waals surface area (Å²) in [6.07, 6.45) is 4.01. The smallest absolute Gasteiger partial charge is 0.0919 e. The minimum absolute atomic E-state index is 0.109. The predicted octanol–water partition coefficient (Wildman–Crippen LogP) is 2.71. The van der Waals surface area contributed by atoms with Gasteiger partial charge in [0.05, 0.1) is 22.4 Å². The summed E-state index contributed by atoms with van der Waals surface area (Å²) in [5, 5.41) is 14.4. The number of anilines is 1. The van der Waals surface area contributed by atoms with Crippen LogP contribution in [0, 0.1) is 5.41 Å². The van der Waals surface area contributed by atoms with Crippen LogP contribution >= 0.6 is 11.6 Å². The standard InChI is InChI=1S/C14H21ClN2O2/c1-4-19-12-7-14(18,13(12,2)3)9-17-11-5-6-16-8-10(11)15/h5-6,8,12,18H,4,7,9H2,1-3H3,(H,16,17). The normalized spacial score (nSPS) is 28.8. The average Bonchev–Trinajstić information content (AvgIpc) is 2.37.